The Morgan fingerprint density at radius 2 is 1.56 bits per heavy atom. The summed E-state index contributed by atoms with van der Waals surface area (Å²) in [5, 5.41) is 0. The van der Waals surface area contributed by atoms with E-state index in [0.717, 1.165) is 11.1 Å². The van der Waals surface area contributed by atoms with Crippen molar-refractivity contribution in [3.8, 4) is 0 Å². The van der Waals surface area contributed by atoms with E-state index < -0.39 is 0 Å². The lowest BCUT2D eigenvalue weighted by atomic mass is 10.00. The molecule has 1 heterocycles. The largest absolute Gasteiger partial charge is 0.326 e. The Morgan fingerprint density at radius 1 is 1.06 bits per heavy atom. The number of hydrogen-bond acceptors (Lipinski definition) is 3. The maximum absolute atomic E-state index is 12.0. The standard InChI is InChI=1S/C14H18N2O2/c1-9-10(2)14(18)16(13(9)17)8-12-6-4-3-5-11(12)7-15/h3-6,9-10H,7-8,15H2,1-2H3. The number of rotatable bonds is 3. The molecule has 1 fully saturated rings. The van der Waals surface area contributed by atoms with Crippen molar-refractivity contribution < 1.29 is 9.59 Å². The molecule has 0 aliphatic carbocycles. The number of likely N-dealkylation sites (tertiary alicyclic amines) is 1. The summed E-state index contributed by atoms with van der Waals surface area (Å²) in [6, 6.07) is 7.64. The van der Waals surface area contributed by atoms with E-state index in [0.29, 0.717) is 13.1 Å². The molecule has 0 aromatic heterocycles. The van der Waals surface area contributed by atoms with E-state index in [-0.39, 0.29) is 23.7 Å². The Labute approximate surface area is 107 Å². The summed E-state index contributed by atoms with van der Waals surface area (Å²) in [6.45, 7) is 4.36. The molecule has 18 heavy (non-hydrogen) atoms. The molecule has 2 unspecified atom stereocenters. The van der Waals surface area contributed by atoms with Crippen molar-refractivity contribution in [2.24, 2.45) is 17.6 Å². The summed E-state index contributed by atoms with van der Waals surface area (Å²) in [7, 11) is 0. The third-order valence-corrected chi connectivity index (χ3v) is 3.73. The van der Waals surface area contributed by atoms with Crippen molar-refractivity contribution >= 4 is 11.8 Å². The average molecular weight is 246 g/mol. The number of hydrogen-bond donors (Lipinski definition) is 1. The first-order valence-corrected chi connectivity index (χ1v) is 6.18. The Kier molecular flexibility index (Phi) is 3.48. The normalized spacial score (nSPS) is 23.8. The van der Waals surface area contributed by atoms with Crippen LogP contribution in [0, 0.1) is 11.8 Å². The summed E-state index contributed by atoms with van der Waals surface area (Å²) < 4.78 is 0. The van der Waals surface area contributed by atoms with Gasteiger partial charge < -0.3 is 5.73 Å². The van der Waals surface area contributed by atoms with Gasteiger partial charge in [0.15, 0.2) is 0 Å². The van der Waals surface area contributed by atoms with Gasteiger partial charge in [-0.15, -0.1) is 0 Å². The molecular weight excluding hydrogens is 228 g/mol. The van der Waals surface area contributed by atoms with Crippen molar-refractivity contribution in [3.63, 3.8) is 0 Å². The van der Waals surface area contributed by atoms with Gasteiger partial charge in [-0.25, -0.2) is 0 Å². The summed E-state index contributed by atoms with van der Waals surface area (Å²) in [5.41, 5.74) is 7.58. The smallest absolute Gasteiger partial charge is 0.233 e. The molecule has 96 valence electrons. The molecule has 4 nitrogen and oxygen atoms in total. The lowest BCUT2D eigenvalue weighted by Crippen LogP contribution is -2.30. The number of benzene rings is 1. The summed E-state index contributed by atoms with van der Waals surface area (Å²) >= 11 is 0. The summed E-state index contributed by atoms with van der Waals surface area (Å²) in [6.07, 6.45) is 0. The van der Waals surface area contributed by atoms with E-state index >= 15 is 0 Å². The van der Waals surface area contributed by atoms with Gasteiger partial charge in [-0.2, -0.15) is 0 Å². The van der Waals surface area contributed by atoms with Gasteiger partial charge in [0.1, 0.15) is 0 Å². The fraction of sp³-hybridized carbons (Fsp3) is 0.429. The molecule has 0 radical (unpaired) electrons. The van der Waals surface area contributed by atoms with Gasteiger partial charge in [0.2, 0.25) is 11.8 Å². The minimum Gasteiger partial charge on any atom is -0.326 e. The first kappa shape index (κ1) is 12.8. The van der Waals surface area contributed by atoms with Crippen molar-refractivity contribution in [1.82, 2.24) is 4.90 Å². The zero-order chi connectivity index (χ0) is 13.3. The molecule has 0 saturated carbocycles. The number of nitrogens with two attached hydrogens (primary N) is 1. The molecule has 0 spiro atoms. The second-order valence-corrected chi connectivity index (χ2v) is 4.81. The maximum Gasteiger partial charge on any atom is 0.233 e. The van der Waals surface area contributed by atoms with E-state index in [1.165, 1.54) is 4.90 Å². The highest BCUT2D eigenvalue weighted by Crippen LogP contribution is 2.27. The van der Waals surface area contributed by atoms with Gasteiger partial charge >= 0.3 is 0 Å². The summed E-state index contributed by atoms with van der Waals surface area (Å²) in [5.74, 6) is -0.608. The Morgan fingerprint density at radius 3 is 2.06 bits per heavy atom. The van der Waals surface area contributed by atoms with Crippen molar-refractivity contribution in [1.29, 1.82) is 0 Å². The molecule has 2 atom stereocenters. The van der Waals surface area contributed by atoms with Gasteiger partial charge in [-0.1, -0.05) is 38.1 Å². The molecule has 4 heteroatoms. The third-order valence-electron chi connectivity index (χ3n) is 3.73. The second-order valence-electron chi connectivity index (χ2n) is 4.81. The predicted octanol–water partition coefficient (Wildman–Crippen LogP) is 1.29. The van der Waals surface area contributed by atoms with Crippen LogP contribution in [0.5, 0.6) is 0 Å². The Balaban J connectivity index is 2.24. The molecule has 1 aliphatic rings. The third kappa shape index (κ3) is 2.04. The SMILES string of the molecule is CC1C(=O)N(Cc2ccccc2CN)C(=O)C1C. The van der Waals surface area contributed by atoms with E-state index in [2.05, 4.69) is 0 Å². The number of carbonyl (C=O) groups is 2. The van der Waals surface area contributed by atoms with E-state index in [4.69, 9.17) is 5.73 Å². The van der Waals surface area contributed by atoms with Crippen molar-refractivity contribution in [3.05, 3.63) is 35.4 Å². The highest BCUT2D eigenvalue weighted by atomic mass is 16.2. The van der Waals surface area contributed by atoms with Crippen molar-refractivity contribution in [2.75, 3.05) is 0 Å². The Hall–Kier alpha value is -1.68. The average Bonchev–Trinajstić information content (AvgIpc) is 2.57. The molecule has 1 aromatic rings. The number of amides is 2. The second kappa shape index (κ2) is 4.90. The lowest BCUT2D eigenvalue weighted by molar-refractivity contribution is -0.140. The van der Waals surface area contributed by atoms with Crippen LogP contribution in [0.2, 0.25) is 0 Å². The van der Waals surface area contributed by atoms with E-state index in [9.17, 15) is 9.59 Å². The highest BCUT2D eigenvalue weighted by molar-refractivity contribution is 6.04. The molecule has 0 bridgehead atoms. The topological polar surface area (TPSA) is 63.4 Å². The highest BCUT2D eigenvalue weighted by Gasteiger charge is 2.42. The lowest BCUT2D eigenvalue weighted by Gasteiger charge is -2.16. The monoisotopic (exact) mass is 246 g/mol. The van der Waals surface area contributed by atoms with Crippen LogP contribution in [-0.4, -0.2) is 16.7 Å². The molecule has 1 saturated heterocycles. The minimum atomic E-state index is -0.220. The zero-order valence-corrected chi connectivity index (χ0v) is 10.7. The molecule has 1 aliphatic heterocycles. The van der Waals surface area contributed by atoms with Gasteiger partial charge in [0.25, 0.3) is 0 Å². The van der Waals surface area contributed by atoms with Crippen LogP contribution in [-0.2, 0) is 22.7 Å². The molecule has 2 amide bonds. The minimum absolute atomic E-state index is 0.0840. The molecule has 2 N–H and O–H groups in total. The zero-order valence-electron chi connectivity index (χ0n) is 10.7. The molecule has 1 aromatic carbocycles. The Bertz CT molecular complexity index is 464. The number of imide groups is 1. The van der Waals surface area contributed by atoms with Crippen LogP contribution in [0.1, 0.15) is 25.0 Å². The number of nitrogens with zero attached hydrogens (tertiary/aromatic N) is 1. The maximum atomic E-state index is 12.0. The first-order chi connectivity index (χ1) is 8.56. The van der Waals surface area contributed by atoms with Gasteiger partial charge in [0.05, 0.1) is 6.54 Å². The van der Waals surface area contributed by atoms with Gasteiger partial charge in [0, 0.05) is 18.4 Å². The van der Waals surface area contributed by atoms with Crippen molar-refractivity contribution in [2.45, 2.75) is 26.9 Å². The first-order valence-electron chi connectivity index (χ1n) is 6.18. The van der Waals surface area contributed by atoms with Crippen LogP contribution in [0.4, 0.5) is 0 Å². The van der Waals surface area contributed by atoms with Gasteiger partial charge in [-0.3, -0.25) is 14.5 Å². The molecule has 2 rings (SSSR count). The van der Waals surface area contributed by atoms with E-state index in [1.807, 2.05) is 24.3 Å². The fourth-order valence-electron chi connectivity index (χ4n) is 2.27. The summed E-state index contributed by atoms with van der Waals surface area (Å²) in [4.78, 5) is 25.4. The van der Waals surface area contributed by atoms with Crippen LogP contribution >= 0.6 is 0 Å². The van der Waals surface area contributed by atoms with Gasteiger partial charge in [-0.05, 0) is 11.1 Å². The van der Waals surface area contributed by atoms with Crippen LogP contribution in [0.15, 0.2) is 24.3 Å². The van der Waals surface area contributed by atoms with Crippen LogP contribution in [0.25, 0.3) is 0 Å². The van der Waals surface area contributed by atoms with Crippen LogP contribution < -0.4 is 5.73 Å². The van der Waals surface area contributed by atoms with Crippen LogP contribution in [0.3, 0.4) is 0 Å². The van der Waals surface area contributed by atoms with E-state index in [1.54, 1.807) is 13.8 Å². The fourth-order valence-corrected chi connectivity index (χ4v) is 2.27. The molecular formula is C14H18N2O2. The quantitative estimate of drug-likeness (QED) is 0.817. The number of carbonyl (C=O) groups excluding carboxylic acids is 2. The predicted molar refractivity (Wildman–Crippen MR) is 68.2 cm³/mol.